The molecule has 84 valence electrons. The van der Waals surface area contributed by atoms with E-state index in [2.05, 4.69) is 5.32 Å². The smallest absolute Gasteiger partial charge is 0.232 e. The Hall–Kier alpha value is -0.460. The molecule has 0 radical (unpaired) electrons. The monoisotopic (exact) mass is 222 g/mol. The van der Waals surface area contributed by atoms with Crippen LogP contribution in [-0.2, 0) is 20.3 Å². The molecule has 0 aromatic heterocycles. The molecule has 0 aromatic carbocycles. The molecule has 0 spiro atoms. The van der Waals surface area contributed by atoms with Crippen molar-refractivity contribution in [2.24, 2.45) is 5.73 Å². The predicted octanol–water partition coefficient (Wildman–Crippen LogP) is -1.16. The second-order valence-electron chi connectivity index (χ2n) is 3.00. The van der Waals surface area contributed by atoms with Crippen LogP contribution in [0, 0.1) is 0 Å². The van der Waals surface area contributed by atoms with E-state index < -0.39 is 10.8 Å². The van der Waals surface area contributed by atoms with Crippen molar-refractivity contribution in [1.82, 2.24) is 5.32 Å². The predicted molar refractivity (Wildman–Crippen MR) is 56.4 cm³/mol. The van der Waals surface area contributed by atoms with Gasteiger partial charge in [-0.1, -0.05) is 0 Å². The molecule has 0 heterocycles. The van der Waals surface area contributed by atoms with E-state index in [9.17, 15) is 9.00 Å². The molecule has 5 nitrogen and oxygen atoms in total. The average Bonchev–Trinajstić information content (AvgIpc) is 2.03. The van der Waals surface area contributed by atoms with Crippen molar-refractivity contribution in [1.29, 1.82) is 0 Å². The molecule has 0 saturated heterocycles. The van der Waals surface area contributed by atoms with Gasteiger partial charge in [-0.05, 0) is 6.92 Å². The molecule has 0 bridgehead atoms. The fraction of sp³-hybridized carbons (Fsp3) is 0.875. The summed E-state index contributed by atoms with van der Waals surface area (Å²) in [6, 6.07) is -0.0534. The zero-order chi connectivity index (χ0) is 11.0. The highest BCUT2D eigenvalue weighted by atomic mass is 32.2. The van der Waals surface area contributed by atoms with Gasteiger partial charge in [0.25, 0.3) is 0 Å². The molecule has 3 N–H and O–H groups in total. The summed E-state index contributed by atoms with van der Waals surface area (Å²) in [5, 5.41) is 2.67. The molecule has 0 aliphatic carbocycles. The molecule has 0 rings (SSSR count). The van der Waals surface area contributed by atoms with Gasteiger partial charge in [0.15, 0.2) is 0 Å². The molecular weight excluding hydrogens is 204 g/mol. The van der Waals surface area contributed by atoms with Crippen molar-refractivity contribution < 1.29 is 13.7 Å². The van der Waals surface area contributed by atoms with Crippen molar-refractivity contribution in [3.63, 3.8) is 0 Å². The number of methoxy groups -OCH3 is 1. The molecule has 0 saturated carbocycles. The van der Waals surface area contributed by atoms with Crippen LogP contribution in [0.25, 0.3) is 0 Å². The van der Waals surface area contributed by atoms with Crippen molar-refractivity contribution in [2.45, 2.75) is 13.0 Å². The van der Waals surface area contributed by atoms with E-state index in [0.717, 1.165) is 0 Å². The normalized spacial score (nSPS) is 14.8. The van der Waals surface area contributed by atoms with E-state index in [4.69, 9.17) is 10.5 Å². The standard InChI is InChI=1S/C8H18N2O3S/c1-7(5-13-2)10-8(11)6-14(12)4-3-9/h7H,3-6,9H2,1-2H3,(H,10,11). The molecule has 2 atom stereocenters. The molecule has 0 aromatic rings. The van der Waals surface area contributed by atoms with Crippen molar-refractivity contribution in [2.75, 3.05) is 31.8 Å². The number of ether oxygens (including phenoxy) is 1. The van der Waals surface area contributed by atoms with Gasteiger partial charge < -0.3 is 15.8 Å². The molecule has 14 heavy (non-hydrogen) atoms. The number of nitrogens with two attached hydrogens (primary N) is 1. The third kappa shape index (κ3) is 6.99. The largest absolute Gasteiger partial charge is 0.383 e. The first kappa shape index (κ1) is 13.5. The van der Waals surface area contributed by atoms with E-state index in [1.807, 2.05) is 6.92 Å². The number of amides is 1. The Morgan fingerprint density at radius 3 is 2.79 bits per heavy atom. The zero-order valence-electron chi connectivity index (χ0n) is 8.62. The van der Waals surface area contributed by atoms with E-state index in [-0.39, 0.29) is 17.7 Å². The van der Waals surface area contributed by atoms with Gasteiger partial charge >= 0.3 is 0 Å². The first-order valence-electron chi connectivity index (χ1n) is 4.43. The van der Waals surface area contributed by atoms with Gasteiger partial charge in [0.1, 0.15) is 5.75 Å². The zero-order valence-corrected chi connectivity index (χ0v) is 9.43. The lowest BCUT2D eigenvalue weighted by atomic mass is 10.3. The van der Waals surface area contributed by atoms with Crippen LogP contribution in [0.1, 0.15) is 6.92 Å². The fourth-order valence-corrected chi connectivity index (χ4v) is 1.74. The minimum Gasteiger partial charge on any atom is -0.383 e. The number of carbonyl (C=O) groups excluding carboxylic acids is 1. The second kappa shape index (κ2) is 7.90. The molecule has 1 amide bonds. The summed E-state index contributed by atoms with van der Waals surface area (Å²) < 4.78 is 16.0. The van der Waals surface area contributed by atoms with Crippen LogP contribution in [-0.4, -0.2) is 47.9 Å². The molecule has 0 fully saturated rings. The molecule has 2 unspecified atom stereocenters. The summed E-state index contributed by atoms with van der Waals surface area (Å²) in [5.41, 5.74) is 5.21. The van der Waals surface area contributed by atoms with E-state index in [1.165, 1.54) is 0 Å². The Balaban J connectivity index is 3.69. The Bertz CT molecular complexity index is 199. The summed E-state index contributed by atoms with van der Waals surface area (Å²) in [7, 11) is 0.416. The van der Waals surface area contributed by atoms with Gasteiger partial charge in [-0.25, -0.2) is 0 Å². The van der Waals surface area contributed by atoms with Gasteiger partial charge in [0.05, 0.1) is 6.61 Å². The van der Waals surface area contributed by atoms with Gasteiger partial charge in [-0.3, -0.25) is 9.00 Å². The Kier molecular flexibility index (Phi) is 7.64. The van der Waals surface area contributed by atoms with Crippen LogP contribution < -0.4 is 11.1 Å². The molecular formula is C8H18N2O3S. The highest BCUT2D eigenvalue weighted by molar-refractivity contribution is 7.85. The van der Waals surface area contributed by atoms with Crippen LogP contribution in [0.15, 0.2) is 0 Å². The third-order valence-corrected chi connectivity index (χ3v) is 2.74. The topological polar surface area (TPSA) is 81.4 Å². The maximum Gasteiger partial charge on any atom is 0.232 e. The average molecular weight is 222 g/mol. The maximum atomic E-state index is 11.2. The van der Waals surface area contributed by atoms with Gasteiger partial charge in [-0.2, -0.15) is 0 Å². The summed E-state index contributed by atoms with van der Waals surface area (Å²) in [5.74, 6) is 0.165. The summed E-state index contributed by atoms with van der Waals surface area (Å²) in [4.78, 5) is 11.2. The van der Waals surface area contributed by atoms with Gasteiger partial charge in [0.2, 0.25) is 5.91 Å². The number of hydrogen-bond donors (Lipinski definition) is 2. The van der Waals surface area contributed by atoms with E-state index in [1.54, 1.807) is 7.11 Å². The second-order valence-corrected chi connectivity index (χ2v) is 4.58. The van der Waals surface area contributed by atoms with Crippen LogP contribution in [0.3, 0.4) is 0 Å². The lowest BCUT2D eigenvalue weighted by molar-refractivity contribution is -0.119. The van der Waals surface area contributed by atoms with Gasteiger partial charge in [0, 0.05) is 36.2 Å². The lowest BCUT2D eigenvalue weighted by Crippen LogP contribution is -2.38. The number of nitrogens with one attached hydrogen (secondary N) is 1. The van der Waals surface area contributed by atoms with Crippen LogP contribution in [0.2, 0.25) is 0 Å². The number of carbonyl (C=O) groups is 1. The number of rotatable bonds is 7. The van der Waals surface area contributed by atoms with Crippen LogP contribution in [0.4, 0.5) is 0 Å². The van der Waals surface area contributed by atoms with E-state index >= 15 is 0 Å². The fourth-order valence-electron chi connectivity index (χ4n) is 0.958. The van der Waals surface area contributed by atoms with Crippen LogP contribution in [0.5, 0.6) is 0 Å². The van der Waals surface area contributed by atoms with Crippen molar-refractivity contribution >= 4 is 16.7 Å². The minimum atomic E-state index is -1.15. The Morgan fingerprint density at radius 1 is 1.64 bits per heavy atom. The maximum absolute atomic E-state index is 11.2. The SMILES string of the molecule is COCC(C)NC(=O)CS(=O)CCN. The highest BCUT2D eigenvalue weighted by Crippen LogP contribution is 1.85. The molecule has 6 heteroatoms. The van der Waals surface area contributed by atoms with Crippen LogP contribution >= 0.6 is 0 Å². The molecule has 0 aliphatic heterocycles. The highest BCUT2D eigenvalue weighted by Gasteiger charge is 2.09. The van der Waals surface area contributed by atoms with Crippen molar-refractivity contribution in [3.05, 3.63) is 0 Å². The summed E-state index contributed by atoms with van der Waals surface area (Å²) in [6.45, 7) is 2.62. The lowest BCUT2D eigenvalue weighted by Gasteiger charge is -2.12. The third-order valence-electron chi connectivity index (χ3n) is 1.46. The summed E-state index contributed by atoms with van der Waals surface area (Å²) in [6.07, 6.45) is 0. The van der Waals surface area contributed by atoms with Crippen molar-refractivity contribution in [3.8, 4) is 0 Å². The first-order chi connectivity index (χ1) is 6.60. The Morgan fingerprint density at radius 2 is 2.29 bits per heavy atom. The number of hydrogen-bond acceptors (Lipinski definition) is 4. The summed E-state index contributed by atoms with van der Waals surface area (Å²) >= 11 is 0. The van der Waals surface area contributed by atoms with Gasteiger partial charge in [-0.15, -0.1) is 0 Å². The molecule has 0 aliphatic rings. The van der Waals surface area contributed by atoms with E-state index in [0.29, 0.717) is 18.9 Å². The minimum absolute atomic E-state index is 0.0191. The first-order valence-corrected chi connectivity index (χ1v) is 5.92. The Labute approximate surface area is 86.8 Å². The quantitative estimate of drug-likeness (QED) is 0.569.